The Morgan fingerprint density at radius 2 is 1.96 bits per heavy atom. The molecule has 4 heteroatoms. The van der Waals surface area contributed by atoms with Crippen LogP contribution in [0.5, 0.6) is 0 Å². The summed E-state index contributed by atoms with van der Waals surface area (Å²) in [6.45, 7) is 2.10. The Hall–Kier alpha value is -2.49. The Kier molecular flexibility index (Phi) is 4.24. The van der Waals surface area contributed by atoms with Gasteiger partial charge in [-0.3, -0.25) is 4.79 Å². The van der Waals surface area contributed by atoms with Crippen molar-refractivity contribution in [2.75, 3.05) is 0 Å². The molecular formula is C19H17F2NO. The number of carbonyl (C=O) groups excluding carboxylic acids is 1. The van der Waals surface area contributed by atoms with E-state index >= 15 is 0 Å². The number of carbonyl (C=O) groups is 1. The van der Waals surface area contributed by atoms with Gasteiger partial charge in [0.25, 0.3) is 0 Å². The fraction of sp³-hybridized carbons (Fsp3) is 0.211. The molecule has 0 saturated carbocycles. The summed E-state index contributed by atoms with van der Waals surface area (Å²) in [6.07, 6.45) is 0.919. The summed E-state index contributed by atoms with van der Waals surface area (Å²) in [4.78, 5) is 12.2. The minimum absolute atomic E-state index is 0.147. The van der Waals surface area contributed by atoms with Crippen LogP contribution in [0.3, 0.4) is 0 Å². The van der Waals surface area contributed by atoms with Crippen molar-refractivity contribution < 1.29 is 13.6 Å². The summed E-state index contributed by atoms with van der Waals surface area (Å²) >= 11 is 0. The Morgan fingerprint density at radius 1 is 1.17 bits per heavy atom. The molecule has 1 aliphatic rings. The number of nitrogens with one attached hydrogen (secondary N) is 1. The molecule has 0 aliphatic heterocycles. The molecule has 0 aromatic heterocycles. The number of halogens is 2. The van der Waals surface area contributed by atoms with Gasteiger partial charge in [0.05, 0.1) is 6.42 Å². The predicted octanol–water partition coefficient (Wildman–Crippen LogP) is 4.00. The lowest BCUT2D eigenvalue weighted by atomic mass is 10.0. The van der Waals surface area contributed by atoms with Crippen LogP contribution in [0.1, 0.15) is 30.0 Å². The molecule has 0 radical (unpaired) electrons. The highest BCUT2D eigenvalue weighted by molar-refractivity contribution is 5.91. The monoisotopic (exact) mass is 313 g/mol. The van der Waals surface area contributed by atoms with E-state index in [0.717, 1.165) is 28.7 Å². The number of allylic oxidation sites excluding steroid dienone is 1. The van der Waals surface area contributed by atoms with E-state index in [1.54, 1.807) is 24.3 Å². The quantitative estimate of drug-likeness (QED) is 0.908. The zero-order valence-corrected chi connectivity index (χ0v) is 12.8. The van der Waals surface area contributed by atoms with Crippen molar-refractivity contribution in [3.8, 4) is 0 Å². The van der Waals surface area contributed by atoms with Gasteiger partial charge in [0.2, 0.25) is 5.91 Å². The molecule has 0 spiro atoms. The van der Waals surface area contributed by atoms with E-state index in [2.05, 4.69) is 5.32 Å². The van der Waals surface area contributed by atoms with Crippen LogP contribution in [0.15, 0.2) is 48.0 Å². The molecule has 3 rings (SSSR count). The Bertz CT molecular complexity index is 796. The summed E-state index contributed by atoms with van der Waals surface area (Å²) in [7, 11) is 0. The van der Waals surface area contributed by atoms with Crippen molar-refractivity contribution in [2.24, 2.45) is 0 Å². The van der Waals surface area contributed by atoms with Crippen molar-refractivity contribution in [3.63, 3.8) is 0 Å². The number of benzene rings is 2. The maximum absolute atomic E-state index is 13.5. The zero-order valence-electron chi connectivity index (χ0n) is 12.8. The molecular weight excluding hydrogens is 296 g/mol. The van der Waals surface area contributed by atoms with Crippen LogP contribution in [0.4, 0.5) is 8.78 Å². The number of rotatable bonds is 4. The number of hydrogen-bond donors (Lipinski definition) is 1. The molecule has 0 saturated heterocycles. The van der Waals surface area contributed by atoms with Crippen molar-refractivity contribution in [1.82, 2.24) is 5.32 Å². The lowest BCUT2D eigenvalue weighted by molar-refractivity contribution is -0.120. The maximum Gasteiger partial charge on any atom is 0.224 e. The molecule has 0 heterocycles. The zero-order chi connectivity index (χ0) is 16.4. The first-order valence-corrected chi connectivity index (χ1v) is 7.52. The largest absolute Gasteiger partial charge is 0.352 e. The SMILES string of the molecule is CC1=C(CC(=O)NCc2ccccc2F)c2cc(F)ccc2C1. The molecule has 0 bridgehead atoms. The first-order chi connectivity index (χ1) is 11.0. The summed E-state index contributed by atoms with van der Waals surface area (Å²) < 4.78 is 27.0. The van der Waals surface area contributed by atoms with Gasteiger partial charge >= 0.3 is 0 Å². The molecule has 1 aliphatic carbocycles. The van der Waals surface area contributed by atoms with E-state index in [1.807, 2.05) is 6.92 Å². The predicted molar refractivity (Wildman–Crippen MR) is 85.6 cm³/mol. The molecule has 2 nitrogen and oxygen atoms in total. The second-order valence-corrected chi connectivity index (χ2v) is 5.78. The minimum atomic E-state index is -0.337. The normalized spacial score (nSPS) is 13.2. The van der Waals surface area contributed by atoms with Crippen LogP contribution >= 0.6 is 0 Å². The Morgan fingerprint density at radius 3 is 2.74 bits per heavy atom. The van der Waals surface area contributed by atoms with Gasteiger partial charge in [-0.1, -0.05) is 29.8 Å². The van der Waals surface area contributed by atoms with Crippen LogP contribution in [-0.4, -0.2) is 5.91 Å². The van der Waals surface area contributed by atoms with Crippen LogP contribution in [0, 0.1) is 11.6 Å². The first-order valence-electron chi connectivity index (χ1n) is 7.52. The average molecular weight is 313 g/mol. The second-order valence-electron chi connectivity index (χ2n) is 5.78. The van der Waals surface area contributed by atoms with Gasteiger partial charge in [0.15, 0.2) is 0 Å². The van der Waals surface area contributed by atoms with Gasteiger partial charge in [-0.25, -0.2) is 8.78 Å². The molecule has 1 amide bonds. The Labute approximate surface area is 133 Å². The average Bonchev–Trinajstić information content (AvgIpc) is 2.82. The van der Waals surface area contributed by atoms with Gasteiger partial charge in [0, 0.05) is 12.1 Å². The van der Waals surface area contributed by atoms with Crippen molar-refractivity contribution in [1.29, 1.82) is 0 Å². The molecule has 0 fully saturated rings. The molecule has 2 aromatic rings. The van der Waals surface area contributed by atoms with E-state index in [9.17, 15) is 13.6 Å². The van der Waals surface area contributed by atoms with Gasteiger partial charge in [-0.05, 0) is 48.2 Å². The molecule has 0 atom stereocenters. The van der Waals surface area contributed by atoms with Crippen molar-refractivity contribution in [2.45, 2.75) is 26.3 Å². The summed E-state index contributed by atoms with van der Waals surface area (Å²) in [5, 5.41) is 2.73. The van der Waals surface area contributed by atoms with Crippen molar-refractivity contribution in [3.05, 3.63) is 76.4 Å². The fourth-order valence-corrected chi connectivity index (χ4v) is 2.91. The van der Waals surface area contributed by atoms with Crippen LogP contribution in [0.25, 0.3) is 5.57 Å². The van der Waals surface area contributed by atoms with Crippen molar-refractivity contribution >= 4 is 11.5 Å². The van der Waals surface area contributed by atoms with Gasteiger partial charge in [0.1, 0.15) is 11.6 Å². The van der Waals surface area contributed by atoms with E-state index in [0.29, 0.717) is 5.56 Å². The lowest BCUT2D eigenvalue weighted by Gasteiger charge is -2.09. The smallest absolute Gasteiger partial charge is 0.224 e. The lowest BCUT2D eigenvalue weighted by Crippen LogP contribution is -2.23. The Balaban J connectivity index is 1.68. The van der Waals surface area contributed by atoms with E-state index in [-0.39, 0.29) is 30.5 Å². The third-order valence-corrected chi connectivity index (χ3v) is 4.14. The molecule has 0 unspecified atom stereocenters. The van der Waals surface area contributed by atoms with Gasteiger partial charge < -0.3 is 5.32 Å². The first kappa shape index (κ1) is 15.4. The second kappa shape index (κ2) is 6.32. The highest BCUT2D eigenvalue weighted by atomic mass is 19.1. The molecule has 118 valence electrons. The fourth-order valence-electron chi connectivity index (χ4n) is 2.91. The highest BCUT2D eigenvalue weighted by Gasteiger charge is 2.21. The third-order valence-electron chi connectivity index (χ3n) is 4.14. The van der Waals surface area contributed by atoms with E-state index < -0.39 is 0 Å². The third kappa shape index (κ3) is 3.31. The number of fused-ring (bicyclic) bond motifs is 1. The van der Waals surface area contributed by atoms with Crippen LogP contribution < -0.4 is 5.32 Å². The number of amides is 1. The standard InChI is InChI=1S/C19H17F2NO/c1-12-8-13-6-7-15(20)9-17(13)16(12)10-19(23)22-11-14-4-2-3-5-18(14)21/h2-7,9H,8,10-11H2,1H3,(H,22,23). The van der Waals surface area contributed by atoms with Gasteiger partial charge in [-0.15, -0.1) is 0 Å². The van der Waals surface area contributed by atoms with E-state index in [1.165, 1.54) is 18.2 Å². The highest BCUT2D eigenvalue weighted by Crippen LogP contribution is 2.35. The molecule has 2 aromatic carbocycles. The van der Waals surface area contributed by atoms with Crippen LogP contribution in [0.2, 0.25) is 0 Å². The molecule has 23 heavy (non-hydrogen) atoms. The minimum Gasteiger partial charge on any atom is -0.352 e. The summed E-state index contributed by atoms with van der Waals surface area (Å²) in [6, 6.07) is 11.0. The van der Waals surface area contributed by atoms with E-state index in [4.69, 9.17) is 0 Å². The molecule has 1 N–H and O–H groups in total. The van der Waals surface area contributed by atoms with Gasteiger partial charge in [-0.2, -0.15) is 0 Å². The van der Waals surface area contributed by atoms with Crippen LogP contribution in [-0.2, 0) is 17.8 Å². The maximum atomic E-state index is 13.5. The summed E-state index contributed by atoms with van der Waals surface area (Å²) in [5.74, 6) is -0.834. The topological polar surface area (TPSA) is 29.1 Å². The number of hydrogen-bond acceptors (Lipinski definition) is 1. The summed E-state index contributed by atoms with van der Waals surface area (Å²) in [5.41, 5.74) is 4.24.